The molecule has 1 aromatic heterocycles. The average molecular weight is 677 g/mol. The summed E-state index contributed by atoms with van der Waals surface area (Å²) in [5, 5.41) is 10.1. The molecule has 244 valence electrons. The summed E-state index contributed by atoms with van der Waals surface area (Å²) in [5.74, 6) is -1.06. The third-order valence-corrected chi connectivity index (χ3v) is 11.7. The molecule has 2 amide bonds. The Morgan fingerprint density at radius 1 is 0.896 bits per heavy atom. The Morgan fingerprint density at radius 3 is 2.40 bits per heavy atom. The summed E-state index contributed by atoms with van der Waals surface area (Å²) in [5.41, 5.74) is 17.2. The van der Waals surface area contributed by atoms with E-state index in [1.807, 2.05) is 23.5 Å². The number of nitrogens with two attached hydrogens (primary N) is 1. The van der Waals surface area contributed by atoms with Crippen LogP contribution >= 0.6 is 11.3 Å². The van der Waals surface area contributed by atoms with E-state index in [0.717, 1.165) is 36.7 Å². The fraction of sp³-hybridized carbons (Fsp3) is 0.179. The molecular weight excluding hydrogens is 641 g/mol. The van der Waals surface area contributed by atoms with Crippen LogP contribution in [0.5, 0.6) is 0 Å². The van der Waals surface area contributed by atoms with Crippen molar-refractivity contribution in [2.75, 3.05) is 7.05 Å². The highest BCUT2D eigenvalue weighted by atomic mass is 32.2. The van der Waals surface area contributed by atoms with E-state index in [2.05, 4.69) is 66.7 Å². The minimum absolute atomic E-state index is 0.150. The predicted octanol–water partition coefficient (Wildman–Crippen LogP) is 7.26. The largest absolute Gasteiger partial charge is 0.370 e. The van der Waals surface area contributed by atoms with Gasteiger partial charge in [-0.05, 0) is 94.0 Å². The van der Waals surface area contributed by atoms with Gasteiger partial charge in [0.2, 0.25) is 5.91 Å². The van der Waals surface area contributed by atoms with Crippen molar-refractivity contribution in [3.05, 3.63) is 135 Å². The third-order valence-electron chi connectivity index (χ3n) is 8.78. The number of allylic oxidation sites excluding steroid dienone is 3. The number of likely N-dealkylation sites (N-methyl/N-ethyl adjacent to an activating group) is 1. The maximum absolute atomic E-state index is 11.5. The lowest BCUT2D eigenvalue weighted by atomic mass is 9.78. The molecule has 9 heteroatoms. The van der Waals surface area contributed by atoms with Crippen molar-refractivity contribution in [3.63, 3.8) is 0 Å². The zero-order valence-corrected chi connectivity index (χ0v) is 28.1. The third kappa shape index (κ3) is 7.33. The van der Waals surface area contributed by atoms with Crippen molar-refractivity contribution in [1.29, 1.82) is 0 Å². The van der Waals surface area contributed by atoms with Gasteiger partial charge in [-0.25, -0.2) is 13.5 Å². The van der Waals surface area contributed by atoms with Crippen molar-refractivity contribution >= 4 is 50.7 Å². The number of benzene rings is 3. The highest BCUT2D eigenvalue weighted by molar-refractivity contribution is 7.95. The minimum Gasteiger partial charge on any atom is -0.370 e. The molecule has 1 unspecified atom stereocenters. The first kappa shape index (κ1) is 33.1. The topological polar surface area (TPSA) is 118 Å². The first-order valence-electron chi connectivity index (χ1n) is 15.7. The van der Waals surface area contributed by atoms with Crippen LogP contribution in [0.15, 0.2) is 103 Å². The monoisotopic (exact) mass is 676 g/mol. The molecule has 4 aromatic rings. The highest BCUT2D eigenvalue weighted by Gasteiger charge is 2.24. The van der Waals surface area contributed by atoms with Crippen LogP contribution in [-0.2, 0) is 38.7 Å². The summed E-state index contributed by atoms with van der Waals surface area (Å²) in [6.07, 6.45) is 14.2. The van der Waals surface area contributed by atoms with Gasteiger partial charge in [-0.15, -0.1) is 11.3 Å². The van der Waals surface area contributed by atoms with Crippen molar-refractivity contribution in [3.8, 4) is 21.6 Å². The van der Waals surface area contributed by atoms with Crippen LogP contribution in [0.2, 0.25) is 0 Å². The fourth-order valence-corrected chi connectivity index (χ4v) is 8.56. The first-order chi connectivity index (χ1) is 23.1. The number of sulfone groups is 1. The van der Waals surface area contributed by atoms with Crippen LogP contribution in [-0.4, -0.2) is 42.8 Å². The number of carbonyl (C=O) groups is 2. The Bertz CT molecular complexity index is 2100. The number of carbonyl (C=O) groups excluding carboxylic acids is 2. The van der Waals surface area contributed by atoms with Gasteiger partial charge >= 0.3 is 0 Å². The summed E-state index contributed by atoms with van der Waals surface area (Å²) in [7, 11) is -1.97. The van der Waals surface area contributed by atoms with Gasteiger partial charge < -0.3 is 5.73 Å². The lowest BCUT2D eigenvalue weighted by molar-refractivity contribution is -0.153. The van der Waals surface area contributed by atoms with Gasteiger partial charge in [0.05, 0.1) is 5.25 Å². The van der Waals surface area contributed by atoms with E-state index in [9.17, 15) is 23.2 Å². The Balaban J connectivity index is 0.000000284. The van der Waals surface area contributed by atoms with Crippen molar-refractivity contribution in [2.45, 2.75) is 37.4 Å². The van der Waals surface area contributed by atoms with Gasteiger partial charge in [0.1, 0.15) is 0 Å². The predicted molar refractivity (Wildman–Crippen MR) is 194 cm³/mol. The molecule has 0 saturated heterocycles. The van der Waals surface area contributed by atoms with E-state index in [1.54, 1.807) is 17.7 Å². The van der Waals surface area contributed by atoms with Crippen LogP contribution in [0.25, 0.3) is 39.3 Å². The summed E-state index contributed by atoms with van der Waals surface area (Å²) >= 11 is 1.83. The van der Waals surface area contributed by atoms with Gasteiger partial charge in [0.15, 0.2) is 9.84 Å². The fourth-order valence-electron chi connectivity index (χ4n) is 6.29. The summed E-state index contributed by atoms with van der Waals surface area (Å²) in [6, 6.07) is 26.1. The second-order valence-corrected chi connectivity index (χ2v) is 15.1. The van der Waals surface area contributed by atoms with Crippen LogP contribution in [0.4, 0.5) is 0 Å². The van der Waals surface area contributed by atoms with E-state index in [1.165, 1.54) is 74.0 Å². The Labute approximate surface area is 284 Å². The van der Waals surface area contributed by atoms with Crippen LogP contribution in [0.1, 0.15) is 45.5 Å². The SMILES string of the molecule is CN(O)C(=O)C=Cc1ccc(-c2ccc(C3=Cc4ccc5c(c4CC3)CCc3ccccc3-5)s2)cc1.NC(=O)CC1C=CC=CS1(=O)=O. The maximum Gasteiger partial charge on any atom is 0.269 e. The smallest absolute Gasteiger partial charge is 0.269 e. The van der Waals surface area contributed by atoms with Gasteiger partial charge in [-0.3, -0.25) is 14.8 Å². The number of hydroxylamine groups is 2. The quantitative estimate of drug-likeness (QED) is 0.127. The number of primary amides is 1. The Morgan fingerprint density at radius 2 is 1.65 bits per heavy atom. The molecule has 0 saturated carbocycles. The lowest BCUT2D eigenvalue weighted by Gasteiger charge is -2.26. The second-order valence-electron chi connectivity index (χ2n) is 12.0. The molecule has 3 aromatic carbocycles. The Kier molecular flexibility index (Phi) is 9.73. The number of rotatable bonds is 6. The molecule has 3 N–H and O–H groups in total. The molecule has 1 aliphatic heterocycles. The molecule has 1 atom stereocenters. The number of aryl methyl sites for hydroxylation is 1. The number of hydrogen-bond donors (Lipinski definition) is 2. The van der Waals surface area contributed by atoms with E-state index >= 15 is 0 Å². The second kappa shape index (κ2) is 14.1. The lowest BCUT2D eigenvalue weighted by Crippen LogP contribution is -2.25. The summed E-state index contributed by atoms with van der Waals surface area (Å²) in [6.45, 7) is 0. The number of amides is 2. The van der Waals surface area contributed by atoms with Gasteiger partial charge in [-0.2, -0.15) is 0 Å². The van der Waals surface area contributed by atoms with Crippen LogP contribution in [0, 0.1) is 0 Å². The standard InChI is InChI=1S/C32H27NO2S.C7H9NO3S/c1-33(35)32(34)19-8-21-6-9-23(10-7-21)30-17-18-31(36-30)25-13-14-27-24(20-25)12-16-28-26-5-3-2-4-22(26)11-15-29(27)28;8-7(9)5-6-3-1-2-4-12(6,10)11/h2-10,12,16-20,35H,11,13-15H2,1H3;1-4,6H,5H2,(H2,8,9). The molecule has 0 spiro atoms. The van der Waals surface area contributed by atoms with E-state index in [4.69, 9.17) is 5.73 Å². The summed E-state index contributed by atoms with van der Waals surface area (Å²) < 4.78 is 22.3. The molecule has 7 nitrogen and oxygen atoms in total. The molecule has 3 aliphatic rings. The average Bonchev–Trinajstić information content (AvgIpc) is 3.58. The van der Waals surface area contributed by atoms with Gasteiger partial charge in [0, 0.05) is 34.7 Å². The van der Waals surface area contributed by atoms with Crippen molar-refractivity contribution in [1.82, 2.24) is 5.06 Å². The van der Waals surface area contributed by atoms with E-state index < -0.39 is 26.9 Å². The molecule has 0 fully saturated rings. The zero-order chi connectivity index (χ0) is 33.8. The molecular formula is C39H36N2O5S2. The molecule has 2 aliphatic carbocycles. The van der Waals surface area contributed by atoms with Gasteiger partial charge in [0.25, 0.3) is 5.91 Å². The van der Waals surface area contributed by atoms with Crippen molar-refractivity contribution < 1.29 is 23.2 Å². The maximum atomic E-state index is 11.5. The summed E-state index contributed by atoms with van der Waals surface area (Å²) in [4.78, 5) is 24.6. The molecule has 0 radical (unpaired) electrons. The van der Waals surface area contributed by atoms with Crippen LogP contribution < -0.4 is 5.73 Å². The molecule has 7 rings (SSSR count). The number of fused-ring (bicyclic) bond motifs is 5. The molecule has 2 heterocycles. The van der Waals surface area contributed by atoms with E-state index in [-0.39, 0.29) is 6.42 Å². The Hall–Kier alpha value is -4.83. The minimum atomic E-state index is -3.29. The highest BCUT2D eigenvalue weighted by Crippen LogP contribution is 2.42. The number of nitrogens with zero attached hydrogens (tertiary/aromatic N) is 1. The normalized spacial score (nSPS) is 17.0. The zero-order valence-electron chi connectivity index (χ0n) is 26.5. The number of hydrogen-bond acceptors (Lipinski definition) is 6. The number of thiophene rings is 1. The van der Waals surface area contributed by atoms with Crippen molar-refractivity contribution in [2.24, 2.45) is 5.73 Å². The van der Waals surface area contributed by atoms with Gasteiger partial charge in [-0.1, -0.05) is 85.0 Å². The van der Waals surface area contributed by atoms with E-state index in [0.29, 0.717) is 5.06 Å². The molecule has 48 heavy (non-hydrogen) atoms. The first-order valence-corrected chi connectivity index (χ1v) is 18.2. The van der Waals surface area contributed by atoms with Crippen LogP contribution in [0.3, 0.4) is 0 Å². The molecule has 0 bridgehead atoms.